The Morgan fingerprint density at radius 2 is 2.42 bits per heavy atom. The zero-order chi connectivity index (χ0) is 9.19. The van der Waals surface area contributed by atoms with E-state index in [1.165, 1.54) is 6.92 Å². The fourth-order valence-electron chi connectivity index (χ4n) is 1.38. The molecule has 0 bridgehead atoms. The largest absolute Gasteiger partial charge is 0.378 e. The van der Waals surface area contributed by atoms with Gasteiger partial charge in [-0.2, -0.15) is 0 Å². The van der Waals surface area contributed by atoms with Crippen LogP contribution < -0.4 is 10.6 Å². The van der Waals surface area contributed by atoms with E-state index in [2.05, 4.69) is 10.6 Å². The summed E-state index contributed by atoms with van der Waals surface area (Å²) < 4.78 is 0. The maximum atomic E-state index is 10.7. The molecule has 0 aromatic heterocycles. The summed E-state index contributed by atoms with van der Waals surface area (Å²) in [5.74, 6) is -0.286. The van der Waals surface area contributed by atoms with E-state index >= 15 is 0 Å². The van der Waals surface area contributed by atoms with Crippen LogP contribution in [0.25, 0.3) is 0 Å². The maximum absolute atomic E-state index is 10.7. The van der Waals surface area contributed by atoms with E-state index in [9.17, 15) is 9.90 Å². The number of carbonyl (C=O) groups is 1. The van der Waals surface area contributed by atoms with E-state index < -0.39 is 12.0 Å². The van der Waals surface area contributed by atoms with Crippen LogP contribution in [0.3, 0.4) is 0 Å². The highest BCUT2D eigenvalue weighted by Crippen LogP contribution is 2.16. The first-order valence-corrected chi connectivity index (χ1v) is 3.94. The maximum Gasteiger partial charge on any atom is 0.219 e. The molecular formula is C7H14N2O3. The Hall–Kier alpha value is -0.650. The van der Waals surface area contributed by atoms with Crippen molar-refractivity contribution >= 4 is 5.91 Å². The van der Waals surface area contributed by atoms with Gasteiger partial charge < -0.3 is 15.5 Å². The van der Waals surface area contributed by atoms with Crippen molar-refractivity contribution in [2.75, 3.05) is 6.54 Å². The standard InChI is InChI=1S/C7H14N2O3/c1-5(10)9-7(12)2-3-8-6(11)4-7/h6,8,11-12H,2-4H2,1H3,(H,9,10). The fourth-order valence-corrected chi connectivity index (χ4v) is 1.38. The normalized spacial score (nSPS) is 36.1. The third kappa shape index (κ3) is 2.44. The van der Waals surface area contributed by atoms with Gasteiger partial charge in [0.15, 0.2) is 0 Å². The van der Waals surface area contributed by atoms with Crippen molar-refractivity contribution in [1.82, 2.24) is 10.6 Å². The predicted octanol–water partition coefficient (Wildman–Crippen LogP) is -1.49. The van der Waals surface area contributed by atoms with Gasteiger partial charge >= 0.3 is 0 Å². The fraction of sp³-hybridized carbons (Fsp3) is 0.857. The molecule has 0 aromatic carbocycles. The van der Waals surface area contributed by atoms with E-state index in [4.69, 9.17) is 5.11 Å². The van der Waals surface area contributed by atoms with E-state index in [1.54, 1.807) is 0 Å². The third-order valence-corrected chi connectivity index (χ3v) is 1.86. The molecule has 1 amide bonds. The molecule has 1 fully saturated rings. The van der Waals surface area contributed by atoms with Crippen molar-refractivity contribution in [3.05, 3.63) is 0 Å². The predicted molar refractivity (Wildman–Crippen MR) is 42.0 cm³/mol. The molecule has 5 nitrogen and oxygen atoms in total. The zero-order valence-corrected chi connectivity index (χ0v) is 7.00. The van der Waals surface area contributed by atoms with Crippen molar-refractivity contribution < 1.29 is 15.0 Å². The number of aliphatic hydroxyl groups is 2. The number of nitrogens with one attached hydrogen (secondary N) is 2. The molecule has 1 aliphatic heterocycles. The quantitative estimate of drug-likeness (QED) is 0.365. The molecule has 0 aliphatic carbocycles. The summed E-state index contributed by atoms with van der Waals surface area (Å²) >= 11 is 0. The van der Waals surface area contributed by atoms with Gasteiger partial charge in [0.1, 0.15) is 12.0 Å². The van der Waals surface area contributed by atoms with E-state index in [1.807, 2.05) is 0 Å². The van der Waals surface area contributed by atoms with Crippen LogP contribution in [-0.4, -0.2) is 34.6 Å². The molecule has 0 aromatic rings. The monoisotopic (exact) mass is 174 g/mol. The summed E-state index contributed by atoms with van der Waals surface area (Å²) in [6.07, 6.45) is -0.188. The molecule has 4 N–H and O–H groups in total. The Morgan fingerprint density at radius 3 is 2.92 bits per heavy atom. The van der Waals surface area contributed by atoms with Crippen LogP contribution >= 0.6 is 0 Å². The van der Waals surface area contributed by atoms with Crippen LogP contribution in [0.5, 0.6) is 0 Å². The number of amides is 1. The minimum atomic E-state index is -1.24. The first-order valence-electron chi connectivity index (χ1n) is 3.94. The van der Waals surface area contributed by atoms with Gasteiger partial charge in [0.25, 0.3) is 0 Å². The van der Waals surface area contributed by atoms with Gasteiger partial charge in [-0.05, 0) is 0 Å². The lowest BCUT2D eigenvalue weighted by Gasteiger charge is -2.35. The van der Waals surface area contributed by atoms with Crippen LogP contribution in [0.15, 0.2) is 0 Å². The molecule has 2 unspecified atom stereocenters. The average molecular weight is 174 g/mol. The minimum Gasteiger partial charge on any atom is -0.378 e. The number of rotatable bonds is 1. The van der Waals surface area contributed by atoms with Crippen molar-refractivity contribution in [2.24, 2.45) is 0 Å². The SMILES string of the molecule is CC(=O)NC1(O)CCNC(O)C1. The number of carbonyl (C=O) groups excluding carboxylic acids is 1. The van der Waals surface area contributed by atoms with Gasteiger partial charge in [0, 0.05) is 26.3 Å². The summed E-state index contributed by atoms with van der Waals surface area (Å²) in [7, 11) is 0. The van der Waals surface area contributed by atoms with E-state index in [0.29, 0.717) is 13.0 Å². The van der Waals surface area contributed by atoms with Gasteiger partial charge in [0.2, 0.25) is 5.91 Å². The number of hydrogen-bond donors (Lipinski definition) is 4. The second kappa shape index (κ2) is 3.38. The van der Waals surface area contributed by atoms with Crippen LogP contribution in [0.4, 0.5) is 0 Å². The molecule has 1 aliphatic rings. The Morgan fingerprint density at radius 1 is 1.75 bits per heavy atom. The highest BCUT2D eigenvalue weighted by molar-refractivity contribution is 5.73. The van der Waals surface area contributed by atoms with Crippen LogP contribution in [0.2, 0.25) is 0 Å². The van der Waals surface area contributed by atoms with Crippen LogP contribution in [0, 0.1) is 0 Å². The topological polar surface area (TPSA) is 81.6 Å². The number of hydrogen-bond acceptors (Lipinski definition) is 4. The summed E-state index contributed by atoms with van der Waals surface area (Å²) in [5, 5.41) is 24.0. The average Bonchev–Trinajstić information content (AvgIpc) is 1.82. The molecule has 5 heteroatoms. The van der Waals surface area contributed by atoms with Crippen molar-refractivity contribution in [1.29, 1.82) is 0 Å². The first kappa shape index (κ1) is 9.44. The van der Waals surface area contributed by atoms with Gasteiger partial charge in [-0.1, -0.05) is 0 Å². The molecule has 2 atom stereocenters. The second-order valence-electron chi connectivity index (χ2n) is 3.14. The number of aliphatic hydroxyl groups excluding tert-OH is 1. The molecule has 0 saturated carbocycles. The first-order chi connectivity index (χ1) is 5.52. The lowest BCUT2D eigenvalue weighted by molar-refractivity contribution is -0.132. The highest BCUT2D eigenvalue weighted by Gasteiger charge is 2.33. The summed E-state index contributed by atoms with van der Waals surface area (Å²) in [6.45, 7) is 1.84. The Bertz CT molecular complexity index is 185. The number of piperidine rings is 1. The van der Waals surface area contributed by atoms with Crippen molar-refractivity contribution in [3.63, 3.8) is 0 Å². The second-order valence-corrected chi connectivity index (χ2v) is 3.14. The molecule has 0 spiro atoms. The van der Waals surface area contributed by atoms with Crippen LogP contribution in [-0.2, 0) is 4.79 Å². The molecule has 0 radical (unpaired) electrons. The minimum absolute atomic E-state index is 0.132. The van der Waals surface area contributed by atoms with Crippen molar-refractivity contribution in [2.45, 2.75) is 31.7 Å². The van der Waals surface area contributed by atoms with Crippen LogP contribution in [0.1, 0.15) is 19.8 Å². The highest BCUT2D eigenvalue weighted by atomic mass is 16.3. The molecule has 70 valence electrons. The Kier molecular flexibility index (Phi) is 2.66. The van der Waals surface area contributed by atoms with E-state index in [-0.39, 0.29) is 12.3 Å². The summed E-state index contributed by atoms with van der Waals surface area (Å²) in [4.78, 5) is 10.7. The molecule has 1 rings (SSSR count). The molecule has 1 heterocycles. The zero-order valence-electron chi connectivity index (χ0n) is 7.00. The Labute approximate surface area is 70.8 Å². The van der Waals surface area contributed by atoms with Gasteiger partial charge in [-0.15, -0.1) is 0 Å². The van der Waals surface area contributed by atoms with Gasteiger partial charge in [0.05, 0.1) is 0 Å². The lowest BCUT2D eigenvalue weighted by atomic mass is 10.0. The van der Waals surface area contributed by atoms with Gasteiger partial charge in [-0.3, -0.25) is 10.1 Å². The molecule has 1 saturated heterocycles. The third-order valence-electron chi connectivity index (χ3n) is 1.86. The summed E-state index contributed by atoms with van der Waals surface area (Å²) in [6, 6.07) is 0. The van der Waals surface area contributed by atoms with E-state index in [0.717, 1.165) is 0 Å². The smallest absolute Gasteiger partial charge is 0.219 e. The van der Waals surface area contributed by atoms with Gasteiger partial charge in [-0.25, -0.2) is 0 Å². The molecule has 12 heavy (non-hydrogen) atoms. The van der Waals surface area contributed by atoms with Crippen molar-refractivity contribution in [3.8, 4) is 0 Å². The molecular weight excluding hydrogens is 160 g/mol. The summed E-state index contributed by atoms with van der Waals surface area (Å²) in [5.41, 5.74) is -1.24. The lowest BCUT2D eigenvalue weighted by Crippen LogP contribution is -2.57. The Balaban J connectivity index is 2.51.